The maximum Gasteiger partial charge on any atom is 0.187 e. The van der Waals surface area contributed by atoms with Crippen LogP contribution >= 0.6 is 12.2 Å². The van der Waals surface area contributed by atoms with E-state index in [0.29, 0.717) is 18.3 Å². The number of hydrogen-bond donors (Lipinski definition) is 2. The number of para-hydroxylation sites is 1. The van der Waals surface area contributed by atoms with Gasteiger partial charge in [-0.1, -0.05) is 48.0 Å². The van der Waals surface area contributed by atoms with Crippen LogP contribution in [-0.4, -0.2) is 17.9 Å². The van der Waals surface area contributed by atoms with Gasteiger partial charge in [-0.2, -0.15) is 5.10 Å². The van der Waals surface area contributed by atoms with E-state index in [0.717, 1.165) is 16.9 Å². The lowest BCUT2D eigenvalue weighted by Gasteiger charge is -2.09. The van der Waals surface area contributed by atoms with Crippen molar-refractivity contribution in [3.05, 3.63) is 77.9 Å². The number of rotatable bonds is 7. The summed E-state index contributed by atoms with van der Waals surface area (Å²) in [6.45, 7) is 6.79. The third kappa shape index (κ3) is 5.85. The Balaban J connectivity index is 1.96. The molecule has 0 radical (unpaired) electrons. The van der Waals surface area contributed by atoms with Gasteiger partial charge in [0.2, 0.25) is 0 Å². The van der Waals surface area contributed by atoms with Crippen molar-refractivity contribution in [2.75, 3.05) is 6.54 Å². The molecule has 0 saturated heterocycles. The highest BCUT2D eigenvalue weighted by Gasteiger charge is 2.02. The van der Waals surface area contributed by atoms with Gasteiger partial charge in [0, 0.05) is 12.1 Å². The Bertz CT molecular complexity index is 728. The van der Waals surface area contributed by atoms with E-state index >= 15 is 0 Å². The number of hydrogen-bond acceptors (Lipinski definition) is 3. The molecule has 2 aromatic rings. The van der Waals surface area contributed by atoms with E-state index in [2.05, 4.69) is 47.5 Å². The largest absolute Gasteiger partial charge is 0.488 e. The molecule has 2 N–H and O–H groups in total. The molecule has 0 aromatic heterocycles. The Hall–Kier alpha value is -2.66. The summed E-state index contributed by atoms with van der Waals surface area (Å²) < 4.78 is 5.92. The Morgan fingerprint density at radius 3 is 2.88 bits per heavy atom. The monoisotopic (exact) mass is 339 g/mol. The van der Waals surface area contributed by atoms with Gasteiger partial charge < -0.3 is 10.1 Å². The zero-order valence-electron chi connectivity index (χ0n) is 13.7. The van der Waals surface area contributed by atoms with Gasteiger partial charge in [0.1, 0.15) is 12.4 Å². The SMILES string of the molecule is C=CCNC(=S)NN=Cc1ccccc1OCc1cccc(C)c1. The topological polar surface area (TPSA) is 45.7 Å². The van der Waals surface area contributed by atoms with E-state index in [1.54, 1.807) is 12.3 Å². The van der Waals surface area contributed by atoms with Crippen molar-refractivity contribution in [3.63, 3.8) is 0 Å². The maximum atomic E-state index is 5.92. The second-order valence-electron chi connectivity index (χ2n) is 5.18. The van der Waals surface area contributed by atoms with E-state index < -0.39 is 0 Å². The highest BCUT2D eigenvalue weighted by atomic mass is 32.1. The van der Waals surface area contributed by atoms with Gasteiger partial charge in [0.05, 0.1) is 6.21 Å². The fourth-order valence-electron chi connectivity index (χ4n) is 2.05. The van der Waals surface area contributed by atoms with Crippen LogP contribution in [0.25, 0.3) is 0 Å². The van der Waals surface area contributed by atoms with Crippen LogP contribution in [0.15, 0.2) is 66.3 Å². The first-order valence-electron chi connectivity index (χ1n) is 7.64. The average Bonchev–Trinajstić information content (AvgIpc) is 2.59. The number of thiocarbonyl (C=S) groups is 1. The van der Waals surface area contributed by atoms with Crippen LogP contribution in [0.5, 0.6) is 5.75 Å². The molecule has 0 atom stereocenters. The number of ether oxygens (including phenoxy) is 1. The Morgan fingerprint density at radius 1 is 1.25 bits per heavy atom. The molecule has 2 aromatic carbocycles. The summed E-state index contributed by atoms with van der Waals surface area (Å²) in [5.74, 6) is 0.773. The minimum absolute atomic E-state index is 0.448. The molecule has 2 rings (SSSR count). The molecule has 0 aliphatic rings. The Morgan fingerprint density at radius 2 is 2.08 bits per heavy atom. The normalized spacial score (nSPS) is 10.4. The first kappa shape index (κ1) is 17.7. The molecule has 0 unspecified atom stereocenters. The van der Waals surface area contributed by atoms with Crippen molar-refractivity contribution in [2.45, 2.75) is 13.5 Å². The van der Waals surface area contributed by atoms with Crippen LogP contribution in [0.3, 0.4) is 0 Å². The average molecular weight is 339 g/mol. The van der Waals surface area contributed by atoms with Crippen LogP contribution < -0.4 is 15.5 Å². The molecule has 0 aliphatic carbocycles. The lowest BCUT2D eigenvalue weighted by molar-refractivity contribution is 0.305. The number of nitrogens with one attached hydrogen (secondary N) is 2. The van der Waals surface area contributed by atoms with E-state index in [-0.39, 0.29) is 0 Å². The summed E-state index contributed by atoms with van der Waals surface area (Å²) >= 11 is 5.08. The number of aryl methyl sites for hydroxylation is 1. The molecule has 24 heavy (non-hydrogen) atoms. The van der Waals surface area contributed by atoms with E-state index in [4.69, 9.17) is 17.0 Å². The summed E-state index contributed by atoms with van der Waals surface area (Å²) in [7, 11) is 0. The minimum atomic E-state index is 0.448. The van der Waals surface area contributed by atoms with E-state index in [1.807, 2.05) is 30.3 Å². The fourth-order valence-corrected chi connectivity index (χ4v) is 2.18. The van der Waals surface area contributed by atoms with Crippen molar-refractivity contribution in [1.29, 1.82) is 0 Å². The summed E-state index contributed by atoms with van der Waals surface area (Å²) in [6.07, 6.45) is 3.42. The van der Waals surface area contributed by atoms with Crippen LogP contribution in [0.4, 0.5) is 0 Å². The van der Waals surface area contributed by atoms with Crippen molar-refractivity contribution in [2.24, 2.45) is 5.10 Å². The summed E-state index contributed by atoms with van der Waals surface area (Å²) in [6, 6.07) is 16.0. The third-order valence-electron chi connectivity index (χ3n) is 3.17. The predicted molar refractivity (Wildman–Crippen MR) is 103 cm³/mol. The smallest absolute Gasteiger partial charge is 0.187 e. The van der Waals surface area contributed by atoms with Crippen LogP contribution in [0.2, 0.25) is 0 Å². The number of benzene rings is 2. The standard InChI is InChI=1S/C19H21N3OS/c1-3-11-20-19(24)22-21-13-17-9-4-5-10-18(17)23-14-16-8-6-7-15(2)12-16/h3-10,12-13H,1,11,14H2,2H3,(H2,20,22,24). The van der Waals surface area contributed by atoms with Crippen molar-refractivity contribution < 1.29 is 4.74 Å². The van der Waals surface area contributed by atoms with Crippen molar-refractivity contribution in [3.8, 4) is 5.75 Å². The van der Waals surface area contributed by atoms with Gasteiger partial charge in [0.25, 0.3) is 0 Å². The fraction of sp³-hybridized carbons (Fsp3) is 0.158. The lowest BCUT2D eigenvalue weighted by Crippen LogP contribution is -2.31. The summed E-state index contributed by atoms with van der Waals surface area (Å²) in [5, 5.41) is 7.52. The van der Waals surface area contributed by atoms with Crippen LogP contribution in [-0.2, 0) is 6.61 Å². The zero-order chi connectivity index (χ0) is 17.2. The quantitative estimate of drug-likeness (QED) is 0.350. The second kappa shape index (κ2) is 9.47. The molecule has 0 aliphatic heterocycles. The molecule has 5 heteroatoms. The first-order valence-corrected chi connectivity index (χ1v) is 8.05. The van der Waals surface area contributed by atoms with Gasteiger partial charge in [-0.3, -0.25) is 5.43 Å². The van der Waals surface area contributed by atoms with Gasteiger partial charge in [-0.25, -0.2) is 0 Å². The third-order valence-corrected chi connectivity index (χ3v) is 3.41. The highest BCUT2D eigenvalue weighted by Crippen LogP contribution is 2.17. The van der Waals surface area contributed by atoms with Gasteiger partial charge in [-0.05, 0) is 36.8 Å². The minimum Gasteiger partial charge on any atom is -0.488 e. The molecular formula is C19H21N3OS. The molecule has 0 fully saturated rings. The maximum absolute atomic E-state index is 5.92. The molecule has 0 spiro atoms. The summed E-state index contributed by atoms with van der Waals surface area (Å²) in [5.41, 5.74) is 5.99. The predicted octanol–water partition coefficient (Wildman–Crippen LogP) is 3.56. The zero-order valence-corrected chi connectivity index (χ0v) is 14.5. The number of nitrogens with zero attached hydrogens (tertiary/aromatic N) is 1. The van der Waals surface area contributed by atoms with Crippen LogP contribution in [0.1, 0.15) is 16.7 Å². The molecular weight excluding hydrogens is 318 g/mol. The number of hydrazone groups is 1. The van der Waals surface area contributed by atoms with Gasteiger partial charge >= 0.3 is 0 Å². The molecule has 0 heterocycles. The molecule has 124 valence electrons. The Kier molecular flexibility index (Phi) is 6.98. The first-order chi connectivity index (χ1) is 11.7. The molecule has 0 saturated carbocycles. The van der Waals surface area contributed by atoms with Crippen molar-refractivity contribution >= 4 is 23.5 Å². The van der Waals surface area contributed by atoms with Crippen LogP contribution in [0, 0.1) is 6.92 Å². The second-order valence-corrected chi connectivity index (χ2v) is 5.59. The Labute approximate surface area is 148 Å². The van der Waals surface area contributed by atoms with Gasteiger partial charge in [0.15, 0.2) is 5.11 Å². The van der Waals surface area contributed by atoms with E-state index in [1.165, 1.54) is 5.56 Å². The lowest BCUT2D eigenvalue weighted by atomic mass is 10.1. The molecule has 4 nitrogen and oxygen atoms in total. The highest BCUT2D eigenvalue weighted by molar-refractivity contribution is 7.80. The van der Waals surface area contributed by atoms with E-state index in [9.17, 15) is 0 Å². The van der Waals surface area contributed by atoms with Crippen molar-refractivity contribution in [1.82, 2.24) is 10.7 Å². The summed E-state index contributed by atoms with van der Waals surface area (Å²) in [4.78, 5) is 0. The molecule has 0 bridgehead atoms. The molecule has 0 amide bonds. The van der Waals surface area contributed by atoms with Gasteiger partial charge in [-0.15, -0.1) is 6.58 Å².